The van der Waals surface area contributed by atoms with E-state index in [1.165, 1.54) is 22.2 Å². The number of aliphatic hydroxyl groups is 1. The summed E-state index contributed by atoms with van der Waals surface area (Å²) >= 11 is 0. The van der Waals surface area contributed by atoms with E-state index in [1.54, 1.807) is 26.2 Å². The third-order valence-corrected chi connectivity index (χ3v) is 9.25. The molecule has 0 aliphatic heterocycles. The lowest BCUT2D eigenvalue weighted by molar-refractivity contribution is -0.127. The number of nitrogens with one attached hydrogen (secondary N) is 1. The number of pyridine rings is 1. The van der Waals surface area contributed by atoms with Gasteiger partial charge in [0, 0.05) is 37.7 Å². The van der Waals surface area contributed by atoms with Crippen molar-refractivity contribution in [3.05, 3.63) is 71.1 Å². The molecule has 0 radical (unpaired) electrons. The summed E-state index contributed by atoms with van der Waals surface area (Å²) in [5.41, 5.74) is 3.41. The molecule has 2 aromatic rings. The number of amides is 2. The summed E-state index contributed by atoms with van der Waals surface area (Å²) in [6, 6.07) is 12.0. The molecule has 3 aliphatic carbocycles. The van der Waals surface area contributed by atoms with Crippen molar-refractivity contribution in [1.29, 1.82) is 0 Å². The molecule has 2 saturated carbocycles. The predicted octanol–water partition coefficient (Wildman–Crippen LogP) is 5.30. The molecule has 7 nitrogen and oxygen atoms in total. The molecule has 5 atom stereocenters. The zero-order valence-electron chi connectivity index (χ0n) is 22.4. The van der Waals surface area contributed by atoms with Crippen LogP contribution >= 0.6 is 0 Å². The Kier molecular flexibility index (Phi) is 7.12. The van der Waals surface area contributed by atoms with E-state index >= 15 is 0 Å². The molecule has 200 valence electrons. The van der Waals surface area contributed by atoms with Crippen LogP contribution in [0.5, 0.6) is 0 Å². The van der Waals surface area contributed by atoms with Gasteiger partial charge in [-0.25, -0.2) is 4.98 Å². The third kappa shape index (κ3) is 4.52. The van der Waals surface area contributed by atoms with Gasteiger partial charge in [-0.2, -0.15) is 0 Å². The van der Waals surface area contributed by atoms with Crippen molar-refractivity contribution in [3.8, 4) is 0 Å². The molecule has 1 heterocycles. The summed E-state index contributed by atoms with van der Waals surface area (Å²) in [5, 5.41) is 12.9. The van der Waals surface area contributed by atoms with Gasteiger partial charge in [0.15, 0.2) is 5.78 Å². The standard InChI is InChI=1S/C31H37N3O4/c1-31-16-15-22-21-8-5-4-7-19(21)11-13-24(22)28(31)23(25(18-35)29(31)37)9-6-10-27(36)33-26-14-12-20(17-32-26)30(38)34(2)3/h4-5,7-8,12,14,17-18,22-24,28,35H,6,9-11,13,15-16H2,1-3H3,(H,32,33,36)/b25-18-/t22?,23-,24?,28?,31+/m1/s1. The van der Waals surface area contributed by atoms with Crippen molar-refractivity contribution in [2.24, 2.45) is 23.2 Å². The van der Waals surface area contributed by atoms with E-state index in [4.69, 9.17) is 0 Å². The molecule has 0 bridgehead atoms. The summed E-state index contributed by atoms with van der Waals surface area (Å²) in [5.74, 6) is 1.17. The Labute approximate surface area is 224 Å². The van der Waals surface area contributed by atoms with E-state index in [0.29, 0.717) is 48.1 Å². The Morgan fingerprint density at radius 3 is 2.68 bits per heavy atom. The van der Waals surface area contributed by atoms with Crippen LogP contribution in [0, 0.1) is 23.2 Å². The number of carbonyl (C=O) groups excluding carboxylic acids is 3. The van der Waals surface area contributed by atoms with Crippen molar-refractivity contribution in [2.75, 3.05) is 19.4 Å². The number of carbonyl (C=O) groups is 3. The molecule has 1 aromatic carbocycles. The highest BCUT2D eigenvalue weighted by Gasteiger charge is 2.60. The van der Waals surface area contributed by atoms with E-state index in [9.17, 15) is 19.5 Å². The number of benzene rings is 1. The highest BCUT2D eigenvalue weighted by molar-refractivity contribution is 6.03. The summed E-state index contributed by atoms with van der Waals surface area (Å²) in [6.07, 6.45) is 8.01. The minimum Gasteiger partial charge on any atom is -0.515 e. The number of anilines is 1. The van der Waals surface area contributed by atoms with Crippen LogP contribution in [-0.2, 0) is 16.0 Å². The number of Topliss-reactive ketones (excluding diaryl/α,β-unsaturated/α-hetero) is 1. The van der Waals surface area contributed by atoms with Gasteiger partial charge in [-0.1, -0.05) is 31.2 Å². The molecular weight excluding hydrogens is 478 g/mol. The Hall–Kier alpha value is -3.48. The third-order valence-electron chi connectivity index (χ3n) is 9.25. The van der Waals surface area contributed by atoms with Crippen LogP contribution in [0.2, 0.25) is 0 Å². The molecule has 3 unspecified atom stereocenters. The number of aryl methyl sites for hydroxylation is 1. The lowest BCUT2D eigenvalue weighted by Gasteiger charge is -2.49. The van der Waals surface area contributed by atoms with E-state index < -0.39 is 5.41 Å². The fraction of sp³-hybridized carbons (Fsp3) is 0.484. The number of fused-ring (bicyclic) bond motifs is 5. The molecule has 1 aromatic heterocycles. The second-order valence-corrected chi connectivity index (χ2v) is 11.6. The second-order valence-electron chi connectivity index (χ2n) is 11.6. The topological polar surface area (TPSA) is 99.6 Å². The first-order chi connectivity index (χ1) is 18.2. The van der Waals surface area contributed by atoms with Gasteiger partial charge in [0.05, 0.1) is 11.8 Å². The quantitative estimate of drug-likeness (QED) is 0.402. The number of allylic oxidation sites excluding steroid dienone is 1. The van der Waals surface area contributed by atoms with E-state index in [-0.39, 0.29) is 29.4 Å². The lowest BCUT2D eigenvalue weighted by atomic mass is 9.54. The highest BCUT2D eigenvalue weighted by atomic mass is 16.2. The molecule has 2 amide bonds. The summed E-state index contributed by atoms with van der Waals surface area (Å²) in [4.78, 5) is 43.9. The number of aliphatic hydroxyl groups excluding tert-OH is 1. The molecule has 2 fully saturated rings. The molecule has 0 spiro atoms. The fourth-order valence-electron chi connectivity index (χ4n) is 7.50. The van der Waals surface area contributed by atoms with E-state index in [0.717, 1.165) is 31.9 Å². The highest BCUT2D eigenvalue weighted by Crippen LogP contribution is 2.63. The number of aromatic nitrogens is 1. The van der Waals surface area contributed by atoms with Crippen LogP contribution in [0.25, 0.3) is 0 Å². The number of hydrogen-bond donors (Lipinski definition) is 2. The maximum Gasteiger partial charge on any atom is 0.254 e. The Morgan fingerprint density at radius 1 is 1.18 bits per heavy atom. The van der Waals surface area contributed by atoms with Crippen LogP contribution in [0.1, 0.15) is 72.9 Å². The first kappa shape index (κ1) is 26.1. The second kappa shape index (κ2) is 10.4. The maximum atomic E-state index is 13.5. The lowest BCUT2D eigenvalue weighted by Crippen LogP contribution is -2.44. The van der Waals surface area contributed by atoms with Crippen molar-refractivity contribution in [3.63, 3.8) is 0 Å². The maximum absolute atomic E-state index is 13.5. The van der Waals surface area contributed by atoms with Crippen molar-refractivity contribution >= 4 is 23.4 Å². The minimum atomic E-state index is -0.454. The van der Waals surface area contributed by atoms with E-state index in [2.05, 4.69) is 41.5 Å². The van der Waals surface area contributed by atoms with Gasteiger partial charge in [-0.05, 0) is 85.5 Å². The first-order valence-corrected chi connectivity index (χ1v) is 13.7. The molecule has 38 heavy (non-hydrogen) atoms. The SMILES string of the molecule is CN(C)C(=O)c1ccc(NC(=O)CCC[C@@H]2/C(=C/O)C(=O)[C@@]3(C)CCC4c5ccccc5CCC4C23)nc1. The average molecular weight is 516 g/mol. The zero-order chi connectivity index (χ0) is 27.0. The average Bonchev–Trinajstić information content (AvgIpc) is 3.14. The number of nitrogens with zero attached hydrogens (tertiary/aromatic N) is 2. The minimum absolute atomic E-state index is 0.0437. The van der Waals surface area contributed by atoms with Gasteiger partial charge in [0.1, 0.15) is 5.82 Å². The van der Waals surface area contributed by atoms with Crippen molar-refractivity contribution < 1.29 is 19.5 Å². The molecule has 0 saturated heterocycles. The van der Waals surface area contributed by atoms with Gasteiger partial charge >= 0.3 is 0 Å². The number of hydrogen-bond acceptors (Lipinski definition) is 5. The van der Waals surface area contributed by atoms with Gasteiger partial charge in [0.2, 0.25) is 5.91 Å². The normalized spacial score (nSPS) is 28.8. The summed E-state index contributed by atoms with van der Waals surface area (Å²) in [7, 11) is 3.35. The first-order valence-electron chi connectivity index (χ1n) is 13.7. The van der Waals surface area contributed by atoms with Crippen LogP contribution in [-0.4, -0.2) is 46.7 Å². The molecule has 3 aliphatic rings. The Bertz CT molecular complexity index is 1270. The summed E-state index contributed by atoms with van der Waals surface area (Å²) in [6.45, 7) is 2.10. The van der Waals surface area contributed by atoms with Crippen LogP contribution in [0.3, 0.4) is 0 Å². The van der Waals surface area contributed by atoms with Gasteiger partial charge in [-0.3, -0.25) is 14.4 Å². The Balaban J connectivity index is 1.26. The van der Waals surface area contributed by atoms with Crippen molar-refractivity contribution in [1.82, 2.24) is 9.88 Å². The smallest absolute Gasteiger partial charge is 0.254 e. The Morgan fingerprint density at radius 2 is 1.97 bits per heavy atom. The molecule has 5 rings (SSSR count). The van der Waals surface area contributed by atoms with Crippen LogP contribution in [0.15, 0.2) is 54.4 Å². The fourth-order valence-corrected chi connectivity index (χ4v) is 7.50. The van der Waals surface area contributed by atoms with Crippen molar-refractivity contribution in [2.45, 2.75) is 57.8 Å². The van der Waals surface area contributed by atoms with Gasteiger partial charge < -0.3 is 15.3 Å². The molecule has 7 heteroatoms. The monoisotopic (exact) mass is 515 g/mol. The zero-order valence-corrected chi connectivity index (χ0v) is 22.4. The van der Waals surface area contributed by atoms with E-state index in [1.807, 2.05) is 0 Å². The molecule has 2 N–H and O–H groups in total. The number of ketones is 1. The van der Waals surface area contributed by atoms with Crippen LogP contribution < -0.4 is 5.32 Å². The van der Waals surface area contributed by atoms with Gasteiger partial charge in [-0.15, -0.1) is 0 Å². The summed E-state index contributed by atoms with van der Waals surface area (Å²) < 4.78 is 0. The van der Waals surface area contributed by atoms with Gasteiger partial charge in [0.25, 0.3) is 5.91 Å². The number of rotatable bonds is 6. The van der Waals surface area contributed by atoms with Crippen LogP contribution in [0.4, 0.5) is 5.82 Å². The predicted molar refractivity (Wildman–Crippen MR) is 146 cm³/mol. The largest absolute Gasteiger partial charge is 0.515 e. The molecular formula is C31H37N3O4.